The number of rotatable bonds is 4. The molecule has 0 saturated heterocycles. The van der Waals surface area contributed by atoms with Gasteiger partial charge in [0.05, 0.1) is 10.6 Å². The number of hydrogen-bond acceptors (Lipinski definition) is 3. The van der Waals surface area contributed by atoms with Crippen LogP contribution in [0, 0.1) is 6.92 Å². The second kappa shape index (κ2) is 7.80. The fraction of sp³-hybridized carbons (Fsp3) is 0.0500. The summed E-state index contributed by atoms with van der Waals surface area (Å²) in [5, 5.41) is 5.85. The first-order valence-corrected chi connectivity index (χ1v) is 8.31. The molecule has 0 bridgehead atoms. The Bertz CT molecular complexity index is 973. The number of nitrogens with zero attached hydrogens (tertiary/aromatic N) is 1. The van der Waals surface area contributed by atoms with Gasteiger partial charge in [-0.05, 0) is 55.0 Å². The van der Waals surface area contributed by atoms with Crippen LogP contribution in [-0.4, -0.2) is 16.8 Å². The topological polar surface area (TPSA) is 71.1 Å². The maximum absolute atomic E-state index is 12.4. The van der Waals surface area contributed by atoms with Gasteiger partial charge < -0.3 is 10.6 Å². The summed E-state index contributed by atoms with van der Waals surface area (Å²) in [6, 6.07) is 17.1. The van der Waals surface area contributed by atoms with Gasteiger partial charge in [0, 0.05) is 17.4 Å². The van der Waals surface area contributed by atoms with Crippen molar-refractivity contribution in [3.63, 3.8) is 0 Å². The Kier molecular flexibility index (Phi) is 5.29. The van der Waals surface area contributed by atoms with E-state index >= 15 is 0 Å². The van der Waals surface area contributed by atoms with Gasteiger partial charge in [-0.25, -0.2) is 4.98 Å². The predicted octanol–water partition coefficient (Wildman–Crippen LogP) is 4.55. The molecule has 0 atom stereocenters. The van der Waals surface area contributed by atoms with Gasteiger partial charge in [-0.15, -0.1) is 0 Å². The molecule has 2 aromatic carbocycles. The lowest BCUT2D eigenvalue weighted by molar-refractivity contribution is 0.101. The molecular formula is C20H16ClN3O2. The van der Waals surface area contributed by atoms with Crippen LogP contribution in [0.1, 0.15) is 26.3 Å². The second-order valence-corrected chi connectivity index (χ2v) is 6.09. The molecule has 0 unspecified atom stereocenters. The summed E-state index contributed by atoms with van der Waals surface area (Å²) in [5.74, 6) is -0.175. The summed E-state index contributed by atoms with van der Waals surface area (Å²) in [5.41, 5.74) is 2.27. The van der Waals surface area contributed by atoms with E-state index in [-0.39, 0.29) is 11.8 Å². The van der Waals surface area contributed by atoms with Crippen LogP contribution in [0.4, 0.5) is 11.5 Å². The molecule has 0 aliphatic rings. The number of amides is 2. The number of nitrogens with one attached hydrogen (secondary N) is 2. The molecule has 3 aromatic rings. The van der Waals surface area contributed by atoms with Crippen molar-refractivity contribution >= 4 is 34.9 Å². The molecule has 0 radical (unpaired) electrons. The fourth-order valence-electron chi connectivity index (χ4n) is 2.37. The van der Waals surface area contributed by atoms with Crippen LogP contribution in [0.15, 0.2) is 66.9 Å². The lowest BCUT2D eigenvalue weighted by Crippen LogP contribution is -2.15. The van der Waals surface area contributed by atoms with Crippen LogP contribution in [0.25, 0.3) is 0 Å². The Morgan fingerprint density at radius 3 is 2.50 bits per heavy atom. The van der Waals surface area contributed by atoms with E-state index in [0.29, 0.717) is 27.7 Å². The summed E-state index contributed by atoms with van der Waals surface area (Å²) >= 11 is 6.04. The molecule has 130 valence electrons. The van der Waals surface area contributed by atoms with Crippen LogP contribution in [0.5, 0.6) is 0 Å². The van der Waals surface area contributed by atoms with E-state index in [1.807, 2.05) is 13.0 Å². The number of benzene rings is 2. The Morgan fingerprint density at radius 1 is 0.923 bits per heavy atom. The molecule has 0 aliphatic carbocycles. The third kappa shape index (κ3) is 4.26. The van der Waals surface area contributed by atoms with E-state index in [0.717, 1.165) is 5.56 Å². The first kappa shape index (κ1) is 17.6. The Labute approximate surface area is 156 Å². The van der Waals surface area contributed by atoms with Gasteiger partial charge in [0.25, 0.3) is 11.8 Å². The number of halogens is 1. The highest BCUT2D eigenvalue weighted by atomic mass is 35.5. The summed E-state index contributed by atoms with van der Waals surface area (Å²) in [7, 11) is 0. The van der Waals surface area contributed by atoms with E-state index in [1.165, 1.54) is 0 Å². The van der Waals surface area contributed by atoms with Crippen molar-refractivity contribution in [1.82, 2.24) is 4.98 Å². The maximum atomic E-state index is 12.4. The lowest BCUT2D eigenvalue weighted by Gasteiger charge is -2.09. The van der Waals surface area contributed by atoms with Gasteiger partial charge in [0.15, 0.2) is 0 Å². The average molecular weight is 366 g/mol. The van der Waals surface area contributed by atoms with Crippen LogP contribution >= 0.6 is 11.6 Å². The van der Waals surface area contributed by atoms with Crippen LogP contribution in [0.3, 0.4) is 0 Å². The number of hydrogen-bond donors (Lipinski definition) is 2. The third-order valence-corrected chi connectivity index (χ3v) is 3.99. The molecule has 26 heavy (non-hydrogen) atoms. The standard InChI is InChI=1S/C20H16ClN3O2/c1-13-9-10-22-18(11-13)24-19(25)14-5-4-6-15(12-14)23-20(26)16-7-2-3-8-17(16)21/h2-12H,1H3,(H,23,26)(H,22,24,25). The molecule has 0 fully saturated rings. The first-order valence-electron chi connectivity index (χ1n) is 7.93. The van der Waals surface area contributed by atoms with Crippen molar-refractivity contribution in [2.75, 3.05) is 10.6 Å². The van der Waals surface area contributed by atoms with Crippen molar-refractivity contribution in [3.8, 4) is 0 Å². The van der Waals surface area contributed by atoms with Crippen LogP contribution in [0.2, 0.25) is 5.02 Å². The highest BCUT2D eigenvalue weighted by Crippen LogP contribution is 2.18. The van der Waals surface area contributed by atoms with E-state index < -0.39 is 0 Å². The SMILES string of the molecule is Cc1ccnc(NC(=O)c2cccc(NC(=O)c3ccccc3Cl)c2)c1. The van der Waals surface area contributed by atoms with Crippen molar-refractivity contribution in [2.45, 2.75) is 6.92 Å². The molecular weight excluding hydrogens is 350 g/mol. The molecule has 2 N–H and O–H groups in total. The molecule has 1 aromatic heterocycles. The smallest absolute Gasteiger partial charge is 0.257 e. The number of carbonyl (C=O) groups excluding carboxylic acids is 2. The number of pyridine rings is 1. The monoisotopic (exact) mass is 365 g/mol. The number of anilines is 2. The van der Waals surface area contributed by atoms with Gasteiger partial charge >= 0.3 is 0 Å². The van der Waals surface area contributed by atoms with Gasteiger partial charge in [-0.2, -0.15) is 0 Å². The fourth-order valence-corrected chi connectivity index (χ4v) is 2.60. The zero-order chi connectivity index (χ0) is 18.5. The lowest BCUT2D eigenvalue weighted by atomic mass is 10.1. The predicted molar refractivity (Wildman–Crippen MR) is 103 cm³/mol. The summed E-state index contributed by atoms with van der Waals surface area (Å²) < 4.78 is 0. The number of carbonyl (C=O) groups is 2. The molecule has 1 heterocycles. The first-order chi connectivity index (χ1) is 12.5. The molecule has 2 amide bonds. The molecule has 5 nitrogen and oxygen atoms in total. The number of aryl methyl sites for hydroxylation is 1. The zero-order valence-corrected chi connectivity index (χ0v) is 14.7. The largest absolute Gasteiger partial charge is 0.322 e. The zero-order valence-electron chi connectivity index (χ0n) is 14.0. The van der Waals surface area contributed by atoms with Gasteiger partial charge in [-0.3, -0.25) is 9.59 Å². The normalized spacial score (nSPS) is 10.2. The van der Waals surface area contributed by atoms with Crippen LogP contribution < -0.4 is 10.6 Å². The number of aromatic nitrogens is 1. The minimum atomic E-state index is -0.339. The quantitative estimate of drug-likeness (QED) is 0.712. The van der Waals surface area contributed by atoms with Crippen molar-refractivity contribution in [2.24, 2.45) is 0 Å². The molecule has 0 spiro atoms. The minimum absolute atomic E-state index is 0.308. The summed E-state index contributed by atoms with van der Waals surface area (Å²) in [4.78, 5) is 28.8. The summed E-state index contributed by atoms with van der Waals surface area (Å²) in [6.45, 7) is 1.92. The highest BCUT2D eigenvalue weighted by molar-refractivity contribution is 6.34. The van der Waals surface area contributed by atoms with Crippen molar-refractivity contribution < 1.29 is 9.59 Å². The van der Waals surface area contributed by atoms with Crippen molar-refractivity contribution in [3.05, 3.63) is 88.6 Å². The second-order valence-electron chi connectivity index (χ2n) is 5.69. The Morgan fingerprint density at radius 2 is 1.73 bits per heavy atom. The maximum Gasteiger partial charge on any atom is 0.257 e. The highest BCUT2D eigenvalue weighted by Gasteiger charge is 2.12. The van der Waals surface area contributed by atoms with Gasteiger partial charge in [0.1, 0.15) is 5.82 Å². The van der Waals surface area contributed by atoms with Gasteiger partial charge in [0.2, 0.25) is 0 Å². The summed E-state index contributed by atoms with van der Waals surface area (Å²) in [6.07, 6.45) is 1.63. The van der Waals surface area contributed by atoms with E-state index in [2.05, 4.69) is 15.6 Å². The van der Waals surface area contributed by atoms with E-state index in [4.69, 9.17) is 11.6 Å². The van der Waals surface area contributed by atoms with Crippen molar-refractivity contribution in [1.29, 1.82) is 0 Å². The third-order valence-electron chi connectivity index (χ3n) is 3.66. The molecule has 6 heteroatoms. The van der Waals surface area contributed by atoms with E-state index in [1.54, 1.807) is 60.8 Å². The average Bonchev–Trinajstić information content (AvgIpc) is 2.62. The minimum Gasteiger partial charge on any atom is -0.322 e. The Balaban J connectivity index is 1.74. The Hall–Kier alpha value is -3.18. The molecule has 3 rings (SSSR count). The van der Waals surface area contributed by atoms with Gasteiger partial charge in [-0.1, -0.05) is 29.8 Å². The van der Waals surface area contributed by atoms with Crippen LogP contribution in [-0.2, 0) is 0 Å². The molecule has 0 saturated carbocycles. The van der Waals surface area contributed by atoms with E-state index in [9.17, 15) is 9.59 Å². The molecule has 0 aliphatic heterocycles.